The zero-order valence-electron chi connectivity index (χ0n) is 15.0. The Hall–Kier alpha value is -3.80. The van der Waals surface area contributed by atoms with Crippen LogP contribution in [0.5, 0.6) is 11.5 Å². The Morgan fingerprint density at radius 1 is 0.821 bits per heavy atom. The number of para-hydroxylation sites is 1. The van der Waals surface area contributed by atoms with Crippen molar-refractivity contribution in [3.63, 3.8) is 0 Å². The molecule has 0 aromatic heterocycles. The maximum Gasteiger partial charge on any atom is 0.326 e. The van der Waals surface area contributed by atoms with E-state index in [-0.39, 0.29) is 6.42 Å². The molecule has 3 N–H and O–H groups in total. The Bertz CT molecular complexity index is 912. The third-order valence-electron chi connectivity index (χ3n) is 3.98. The van der Waals surface area contributed by atoms with Crippen molar-refractivity contribution in [2.45, 2.75) is 12.5 Å². The van der Waals surface area contributed by atoms with Gasteiger partial charge >= 0.3 is 12.0 Å². The number of carbonyl (C=O) groups is 2. The number of rotatable bonds is 7. The first-order chi connectivity index (χ1) is 13.6. The Morgan fingerprint density at radius 3 is 2.00 bits per heavy atom. The van der Waals surface area contributed by atoms with Gasteiger partial charge in [-0.05, 0) is 42.0 Å². The molecular weight excluding hydrogens is 356 g/mol. The third kappa shape index (κ3) is 5.60. The van der Waals surface area contributed by atoms with Crippen molar-refractivity contribution in [3.8, 4) is 11.5 Å². The highest BCUT2D eigenvalue weighted by atomic mass is 16.5. The van der Waals surface area contributed by atoms with E-state index in [1.165, 1.54) is 0 Å². The van der Waals surface area contributed by atoms with Gasteiger partial charge in [0.2, 0.25) is 0 Å². The number of anilines is 1. The van der Waals surface area contributed by atoms with Crippen LogP contribution in [0.15, 0.2) is 84.9 Å². The maximum atomic E-state index is 12.2. The van der Waals surface area contributed by atoms with Crippen LogP contribution >= 0.6 is 0 Å². The number of amides is 2. The number of urea groups is 1. The lowest BCUT2D eigenvalue weighted by Gasteiger charge is -2.15. The van der Waals surface area contributed by atoms with Crippen molar-refractivity contribution >= 4 is 17.7 Å². The smallest absolute Gasteiger partial charge is 0.326 e. The summed E-state index contributed by atoms with van der Waals surface area (Å²) >= 11 is 0. The van der Waals surface area contributed by atoms with Crippen molar-refractivity contribution in [3.05, 3.63) is 90.5 Å². The number of carboxylic acids is 1. The molecule has 0 saturated heterocycles. The number of nitrogens with one attached hydrogen (secondary N) is 2. The number of aliphatic carboxylic acids is 1. The van der Waals surface area contributed by atoms with E-state index >= 15 is 0 Å². The van der Waals surface area contributed by atoms with Crippen LogP contribution in [0.2, 0.25) is 0 Å². The number of hydrogen-bond donors (Lipinski definition) is 3. The van der Waals surface area contributed by atoms with Crippen LogP contribution in [0, 0.1) is 0 Å². The molecule has 6 nitrogen and oxygen atoms in total. The average molecular weight is 376 g/mol. The molecule has 0 aliphatic rings. The molecule has 6 heteroatoms. The van der Waals surface area contributed by atoms with Crippen LogP contribution in [0.3, 0.4) is 0 Å². The van der Waals surface area contributed by atoms with Gasteiger partial charge in [0.05, 0.1) is 0 Å². The highest BCUT2D eigenvalue weighted by Gasteiger charge is 2.20. The van der Waals surface area contributed by atoms with Crippen LogP contribution in [0.4, 0.5) is 10.5 Å². The Kier molecular flexibility index (Phi) is 6.25. The number of carboxylic acid groups (broad SMARTS) is 1. The van der Waals surface area contributed by atoms with Gasteiger partial charge in [-0.1, -0.05) is 48.5 Å². The average Bonchev–Trinajstić information content (AvgIpc) is 2.70. The van der Waals surface area contributed by atoms with Crippen molar-refractivity contribution < 1.29 is 19.4 Å². The van der Waals surface area contributed by atoms with E-state index in [2.05, 4.69) is 10.6 Å². The van der Waals surface area contributed by atoms with Gasteiger partial charge in [-0.15, -0.1) is 0 Å². The second-order valence-electron chi connectivity index (χ2n) is 6.12. The number of carbonyl (C=O) groups excluding carboxylic acids is 1. The van der Waals surface area contributed by atoms with E-state index in [0.29, 0.717) is 17.2 Å². The Labute approximate surface area is 162 Å². The number of benzene rings is 3. The lowest BCUT2D eigenvalue weighted by Crippen LogP contribution is -2.44. The first-order valence-electron chi connectivity index (χ1n) is 8.77. The fraction of sp³-hybridized carbons (Fsp3) is 0.0909. The largest absolute Gasteiger partial charge is 0.480 e. The summed E-state index contributed by atoms with van der Waals surface area (Å²) < 4.78 is 5.69. The summed E-state index contributed by atoms with van der Waals surface area (Å²) in [5.41, 5.74) is 1.36. The second kappa shape index (κ2) is 9.23. The van der Waals surface area contributed by atoms with Gasteiger partial charge in [-0.25, -0.2) is 9.59 Å². The minimum absolute atomic E-state index is 0.202. The minimum atomic E-state index is -1.09. The zero-order valence-corrected chi connectivity index (χ0v) is 15.0. The van der Waals surface area contributed by atoms with Crippen LogP contribution in [0.25, 0.3) is 0 Å². The number of hydrogen-bond acceptors (Lipinski definition) is 3. The SMILES string of the molecule is O=C(Nc1ccc(Oc2ccccc2)cc1)N[C@@H](Cc1ccccc1)C(=O)O. The molecule has 3 rings (SSSR count). The lowest BCUT2D eigenvalue weighted by molar-refractivity contribution is -0.139. The lowest BCUT2D eigenvalue weighted by atomic mass is 10.1. The summed E-state index contributed by atoms with van der Waals surface area (Å²) in [4.78, 5) is 23.6. The maximum absolute atomic E-state index is 12.2. The number of ether oxygens (including phenoxy) is 1. The highest BCUT2D eigenvalue weighted by Crippen LogP contribution is 2.22. The van der Waals surface area contributed by atoms with E-state index in [1.54, 1.807) is 24.3 Å². The van der Waals surface area contributed by atoms with Gasteiger partial charge in [0.25, 0.3) is 0 Å². The Morgan fingerprint density at radius 2 is 1.39 bits per heavy atom. The minimum Gasteiger partial charge on any atom is -0.480 e. The molecule has 0 fully saturated rings. The fourth-order valence-electron chi connectivity index (χ4n) is 2.61. The van der Waals surface area contributed by atoms with E-state index in [9.17, 15) is 14.7 Å². The first kappa shape index (κ1) is 19.0. The monoisotopic (exact) mass is 376 g/mol. The molecule has 142 valence electrons. The van der Waals surface area contributed by atoms with Crippen molar-refractivity contribution in [2.24, 2.45) is 0 Å². The molecule has 0 bridgehead atoms. The third-order valence-corrected chi connectivity index (χ3v) is 3.98. The van der Waals surface area contributed by atoms with Crippen molar-refractivity contribution in [2.75, 3.05) is 5.32 Å². The summed E-state index contributed by atoms with van der Waals surface area (Å²) in [5, 5.41) is 14.5. The highest BCUT2D eigenvalue weighted by molar-refractivity contribution is 5.92. The van der Waals surface area contributed by atoms with E-state index in [0.717, 1.165) is 5.56 Å². The first-order valence-corrected chi connectivity index (χ1v) is 8.77. The molecule has 0 aliphatic heterocycles. The standard InChI is InChI=1S/C22H20N2O4/c25-21(26)20(15-16-7-3-1-4-8-16)24-22(27)23-17-11-13-19(14-12-17)28-18-9-5-2-6-10-18/h1-14,20H,15H2,(H,25,26)(H2,23,24,27)/t20-/m0/s1. The van der Waals surface area contributed by atoms with Gasteiger partial charge in [-0.3, -0.25) is 0 Å². The predicted octanol–water partition coefficient (Wildman–Crippen LogP) is 4.30. The van der Waals surface area contributed by atoms with E-state index in [1.807, 2.05) is 60.7 Å². The van der Waals surface area contributed by atoms with E-state index < -0.39 is 18.0 Å². The van der Waals surface area contributed by atoms with E-state index in [4.69, 9.17) is 4.74 Å². The summed E-state index contributed by atoms with van der Waals surface area (Å²) in [6.07, 6.45) is 0.202. The molecular formula is C22H20N2O4. The van der Waals surface area contributed by atoms with Crippen molar-refractivity contribution in [1.29, 1.82) is 0 Å². The molecule has 1 atom stereocenters. The quantitative estimate of drug-likeness (QED) is 0.574. The summed E-state index contributed by atoms with van der Waals surface area (Å²) in [6.45, 7) is 0. The van der Waals surface area contributed by atoms with Gasteiger partial charge < -0.3 is 20.5 Å². The summed E-state index contributed by atoms with van der Waals surface area (Å²) in [7, 11) is 0. The molecule has 2 amide bonds. The topological polar surface area (TPSA) is 87.7 Å². The molecule has 0 heterocycles. The van der Waals surface area contributed by atoms with Crippen LogP contribution in [0.1, 0.15) is 5.56 Å². The zero-order chi connectivity index (χ0) is 19.8. The van der Waals surface area contributed by atoms with Gasteiger partial charge in [0, 0.05) is 12.1 Å². The molecule has 3 aromatic carbocycles. The second-order valence-corrected chi connectivity index (χ2v) is 6.12. The van der Waals surface area contributed by atoms with Gasteiger partial charge in [0.15, 0.2) is 0 Å². The van der Waals surface area contributed by atoms with Crippen molar-refractivity contribution in [1.82, 2.24) is 5.32 Å². The molecule has 3 aromatic rings. The molecule has 0 saturated carbocycles. The normalized spacial score (nSPS) is 11.3. The van der Waals surface area contributed by atoms with Gasteiger partial charge in [-0.2, -0.15) is 0 Å². The Balaban J connectivity index is 1.56. The van der Waals surface area contributed by atoms with Crippen LogP contribution < -0.4 is 15.4 Å². The molecule has 0 spiro atoms. The predicted molar refractivity (Wildman–Crippen MR) is 107 cm³/mol. The fourth-order valence-corrected chi connectivity index (χ4v) is 2.61. The van der Waals surface area contributed by atoms with Gasteiger partial charge in [0.1, 0.15) is 17.5 Å². The summed E-state index contributed by atoms with van der Waals surface area (Å²) in [6, 6.07) is 23.7. The van der Waals surface area contributed by atoms with Crippen LogP contribution in [-0.2, 0) is 11.2 Å². The molecule has 28 heavy (non-hydrogen) atoms. The molecule has 0 unspecified atom stereocenters. The van der Waals surface area contributed by atoms with Crippen LogP contribution in [-0.4, -0.2) is 23.1 Å². The summed E-state index contributed by atoms with van der Waals surface area (Å²) in [5.74, 6) is 0.251. The molecule has 0 radical (unpaired) electrons. The molecule has 0 aliphatic carbocycles.